The van der Waals surface area contributed by atoms with Gasteiger partial charge in [-0.25, -0.2) is 4.98 Å². The van der Waals surface area contributed by atoms with Crippen molar-refractivity contribution >= 4 is 39.2 Å². The van der Waals surface area contributed by atoms with Crippen LogP contribution in [-0.2, 0) is 16.1 Å². The summed E-state index contributed by atoms with van der Waals surface area (Å²) in [7, 11) is 0. The van der Waals surface area contributed by atoms with E-state index in [4.69, 9.17) is 9.72 Å². The number of hydrogen-bond acceptors (Lipinski definition) is 6. The third-order valence-electron chi connectivity index (χ3n) is 5.43. The average Bonchev–Trinajstić information content (AvgIpc) is 3.18. The zero-order valence-electron chi connectivity index (χ0n) is 18.5. The Morgan fingerprint density at radius 2 is 1.97 bits per heavy atom. The molecule has 32 heavy (non-hydrogen) atoms. The molecule has 1 aliphatic heterocycles. The van der Waals surface area contributed by atoms with Crippen LogP contribution in [0.2, 0.25) is 0 Å². The number of hydrogen-bond donors (Lipinski definition) is 0. The predicted octanol–water partition coefficient (Wildman–Crippen LogP) is 4.35. The quantitative estimate of drug-likeness (QED) is 0.305. The molecule has 0 N–H and O–H groups in total. The molecule has 1 aliphatic rings. The third-order valence-corrected chi connectivity index (χ3v) is 7.26. The Morgan fingerprint density at radius 3 is 2.62 bits per heavy atom. The first-order chi connectivity index (χ1) is 15.4. The molecule has 6 nitrogen and oxygen atoms in total. The van der Waals surface area contributed by atoms with E-state index in [1.807, 2.05) is 55.3 Å². The van der Waals surface area contributed by atoms with Gasteiger partial charge in [-0.15, -0.1) is 17.9 Å². The van der Waals surface area contributed by atoms with Crippen molar-refractivity contribution in [2.45, 2.75) is 44.7 Å². The minimum absolute atomic E-state index is 0.0208. The van der Waals surface area contributed by atoms with Gasteiger partial charge in [0.15, 0.2) is 5.16 Å². The van der Waals surface area contributed by atoms with E-state index in [9.17, 15) is 9.59 Å². The summed E-state index contributed by atoms with van der Waals surface area (Å²) in [5.74, 6) is 0.257. The topological polar surface area (TPSA) is 64.4 Å². The highest BCUT2D eigenvalue weighted by Crippen LogP contribution is 2.32. The summed E-state index contributed by atoms with van der Waals surface area (Å²) in [6.07, 6.45) is 1.73. The van der Waals surface area contributed by atoms with Gasteiger partial charge < -0.3 is 9.64 Å². The second-order valence-corrected chi connectivity index (χ2v) is 9.94. The number of rotatable bonds is 6. The smallest absolute Gasteiger partial charge is 0.263 e. The van der Waals surface area contributed by atoms with E-state index < -0.39 is 0 Å². The van der Waals surface area contributed by atoms with Crippen LogP contribution in [0.25, 0.3) is 21.3 Å². The fraction of sp³-hybridized carbons (Fsp3) is 0.375. The number of allylic oxidation sites excluding steroid dienone is 1. The highest BCUT2D eigenvalue weighted by molar-refractivity contribution is 7.99. The summed E-state index contributed by atoms with van der Waals surface area (Å²) in [6, 6.07) is 8.13. The Labute approximate surface area is 195 Å². The molecule has 168 valence electrons. The van der Waals surface area contributed by atoms with Crippen LogP contribution >= 0.6 is 23.1 Å². The molecular formula is C24H27N3O3S2. The first-order valence-electron chi connectivity index (χ1n) is 10.6. The number of aryl methyl sites for hydroxylation is 1. The van der Waals surface area contributed by atoms with Crippen molar-refractivity contribution in [2.24, 2.45) is 0 Å². The molecule has 0 aliphatic carbocycles. The number of carbonyl (C=O) groups excluding carboxylic acids is 1. The minimum atomic E-state index is -0.102. The number of thiophene rings is 1. The Morgan fingerprint density at radius 1 is 1.28 bits per heavy atom. The number of ether oxygens (including phenoxy) is 1. The van der Waals surface area contributed by atoms with Crippen molar-refractivity contribution in [1.29, 1.82) is 0 Å². The second kappa shape index (κ2) is 9.60. The Kier molecular flexibility index (Phi) is 6.83. The molecule has 0 unspecified atom stereocenters. The summed E-state index contributed by atoms with van der Waals surface area (Å²) in [5, 5.41) is 3.15. The van der Waals surface area contributed by atoms with E-state index in [1.54, 1.807) is 10.6 Å². The van der Waals surface area contributed by atoms with Crippen molar-refractivity contribution in [3.05, 3.63) is 58.2 Å². The van der Waals surface area contributed by atoms with Crippen molar-refractivity contribution in [3.8, 4) is 11.1 Å². The lowest BCUT2D eigenvalue weighted by Gasteiger charge is -2.35. The molecule has 0 bridgehead atoms. The molecule has 1 saturated heterocycles. The van der Waals surface area contributed by atoms with Crippen molar-refractivity contribution in [3.63, 3.8) is 0 Å². The lowest BCUT2D eigenvalue weighted by molar-refractivity contribution is -0.140. The van der Waals surface area contributed by atoms with Gasteiger partial charge in [-0.05, 0) is 26.3 Å². The number of carbonyl (C=O) groups is 1. The van der Waals surface area contributed by atoms with Gasteiger partial charge in [-0.2, -0.15) is 0 Å². The average molecular weight is 470 g/mol. The molecule has 3 heterocycles. The second-order valence-electron chi connectivity index (χ2n) is 8.14. The van der Waals surface area contributed by atoms with Gasteiger partial charge in [-0.1, -0.05) is 47.7 Å². The number of amides is 1. The van der Waals surface area contributed by atoms with Crippen LogP contribution in [0.4, 0.5) is 0 Å². The van der Waals surface area contributed by atoms with Crippen molar-refractivity contribution in [1.82, 2.24) is 14.5 Å². The molecule has 3 aromatic rings. The summed E-state index contributed by atoms with van der Waals surface area (Å²) in [4.78, 5) is 33.6. The van der Waals surface area contributed by atoms with Crippen molar-refractivity contribution in [2.75, 3.05) is 18.8 Å². The minimum Gasteiger partial charge on any atom is -0.372 e. The number of aromatic nitrogens is 2. The highest BCUT2D eigenvalue weighted by Gasteiger charge is 2.26. The maximum Gasteiger partial charge on any atom is 0.263 e. The Hall–Kier alpha value is -2.42. The maximum absolute atomic E-state index is 13.5. The largest absolute Gasteiger partial charge is 0.372 e. The monoisotopic (exact) mass is 469 g/mol. The van der Waals surface area contributed by atoms with Crippen LogP contribution in [0.15, 0.2) is 52.3 Å². The molecule has 1 aromatic carbocycles. The van der Waals surface area contributed by atoms with Crippen LogP contribution in [0.5, 0.6) is 0 Å². The van der Waals surface area contributed by atoms with E-state index in [-0.39, 0.29) is 29.4 Å². The number of fused-ring (bicyclic) bond motifs is 1. The van der Waals surface area contributed by atoms with Gasteiger partial charge in [-0.3, -0.25) is 14.2 Å². The van der Waals surface area contributed by atoms with Gasteiger partial charge in [0.25, 0.3) is 5.56 Å². The summed E-state index contributed by atoms with van der Waals surface area (Å²) in [5.41, 5.74) is 2.96. The van der Waals surface area contributed by atoms with E-state index >= 15 is 0 Å². The fourth-order valence-electron chi connectivity index (χ4n) is 3.95. The van der Waals surface area contributed by atoms with Crippen LogP contribution in [0.1, 0.15) is 19.4 Å². The number of benzene rings is 1. The first kappa shape index (κ1) is 22.8. The van der Waals surface area contributed by atoms with Gasteiger partial charge in [0.2, 0.25) is 5.91 Å². The zero-order valence-corrected chi connectivity index (χ0v) is 20.2. The van der Waals surface area contributed by atoms with E-state index in [0.29, 0.717) is 35.0 Å². The fourth-order valence-corrected chi connectivity index (χ4v) is 5.85. The molecule has 4 rings (SSSR count). The van der Waals surface area contributed by atoms with Crippen LogP contribution in [-0.4, -0.2) is 51.4 Å². The predicted molar refractivity (Wildman–Crippen MR) is 132 cm³/mol. The van der Waals surface area contributed by atoms with Crippen LogP contribution < -0.4 is 5.56 Å². The van der Waals surface area contributed by atoms with Crippen molar-refractivity contribution < 1.29 is 9.53 Å². The summed E-state index contributed by atoms with van der Waals surface area (Å²) >= 11 is 2.76. The van der Waals surface area contributed by atoms with Gasteiger partial charge in [0, 0.05) is 30.6 Å². The third kappa shape index (κ3) is 4.67. The molecule has 1 fully saturated rings. The summed E-state index contributed by atoms with van der Waals surface area (Å²) in [6.45, 7) is 11.3. The van der Waals surface area contributed by atoms with E-state index in [0.717, 1.165) is 11.1 Å². The van der Waals surface area contributed by atoms with Crippen LogP contribution in [0, 0.1) is 6.92 Å². The lowest BCUT2D eigenvalue weighted by Crippen LogP contribution is -2.48. The SMILES string of the molecule is C=CCn1c(SCC(=O)N2C[C@@H](C)O[C@@H](C)C2)nc2scc(-c3ccc(C)cc3)c2c1=O. The molecule has 8 heteroatoms. The Bertz CT molecular complexity index is 1190. The molecule has 0 spiro atoms. The molecule has 2 aromatic heterocycles. The number of morpholine rings is 1. The highest BCUT2D eigenvalue weighted by atomic mass is 32.2. The molecule has 2 atom stereocenters. The normalized spacial score (nSPS) is 18.8. The molecule has 0 radical (unpaired) electrons. The molecular weight excluding hydrogens is 442 g/mol. The summed E-state index contributed by atoms with van der Waals surface area (Å²) < 4.78 is 7.33. The van der Waals surface area contributed by atoms with E-state index in [1.165, 1.54) is 28.7 Å². The van der Waals surface area contributed by atoms with Gasteiger partial charge in [0.1, 0.15) is 4.83 Å². The Balaban J connectivity index is 1.64. The van der Waals surface area contributed by atoms with E-state index in [2.05, 4.69) is 6.58 Å². The first-order valence-corrected chi connectivity index (χ1v) is 12.5. The van der Waals surface area contributed by atoms with Crippen LogP contribution in [0.3, 0.4) is 0 Å². The van der Waals surface area contributed by atoms with Gasteiger partial charge in [0.05, 0.1) is 23.3 Å². The zero-order chi connectivity index (χ0) is 22.8. The molecule has 1 amide bonds. The number of thioether (sulfide) groups is 1. The van der Waals surface area contributed by atoms with Gasteiger partial charge >= 0.3 is 0 Å². The lowest BCUT2D eigenvalue weighted by atomic mass is 10.1. The standard InChI is InChI=1S/C24H27N3O3S2/c1-5-10-27-23(29)21-19(18-8-6-15(2)7-9-18)13-31-22(21)25-24(27)32-14-20(28)26-11-16(3)30-17(4)12-26/h5-9,13,16-17H,1,10-12,14H2,2-4H3/t16-,17+. The number of nitrogens with zero attached hydrogens (tertiary/aromatic N) is 3. The molecule has 0 saturated carbocycles. The maximum atomic E-state index is 13.5.